The van der Waals surface area contributed by atoms with Crippen molar-refractivity contribution in [3.05, 3.63) is 22.9 Å². The Morgan fingerprint density at radius 1 is 1.60 bits per heavy atom. The van der Waals surface area contributed by atoms with Gasteiger partial charge in [0.15, 0.2) is 0 Å². The van der Waals surface area contributed by atoms with Crippen molar-refractivity contribution in [2.75, 3.05) is 6.54 Å². The second-order valence-electron chi connectivity index (χ2n) is 2.39. The molecule has 0 spiro atoms. The van der Waals surface area contributed by atoms with Crippen LogP contribution in [0.2, 0.25) is 0 Å². The highest BCUT2D eigenvalue weighted by molar-refractivity contribution is 5.51. The van der Waals surface area contributed by atoms with Crippen LogP contribution in [0.5, 0.6) is 0 Å². The fraction of sp³-hybridized carbons (Fsp3) is 0.286. The van der Waals surface area contributed by atoms with Crippen molar-refractivity contribution in [1.29, 1.82) is 5.26 Å². The lowest BCUT2D eigenvalue weighted by Gasteiger charge is -1.97. The standard InChI is InChI=1S/C7H7N3/c8-3-5-1-2-6-4-9-10-7(5)6/h1,9-10H,2,4H2. The normalized spacial score (nSPS) is 21.7. The topological polar surface area (TPSA) is 47.9 Å². The van der Waals surface area contributed by atoms with Crippen LogP contribution in [0.25, 0.3) is 0 Å². The fourth-order valence-electron chi connectivity index (χ4n) is 1.28. The van der Waals surface area contributed by atoms with Crippen LogP contribution in [0.1, 0.15) is 6.42 Å². The molecular formula is C7H7N3. The molecule has 2 rings (SSSR count). The van der Waals surface area contributed by atoms with Gasteiger partial charge in [0.1, 0.15) is 6.07 Å². The highest BCUT2D eigenvalue weighted by atomic mass is 15.4. The summed E-state index contributed by atoms with van der Waals surface area (Å²) in [5.41, 5.74) is 9.01. The lowest BCUT2D eigenvalue weighted by atomic mass is 10.2. The molecule has 0 aromatic rings. The Bertz CT molecular complexity index is 267. The Hall–Kier alpha value is -1.27. The Morgan fingerprint density at radius 2 is 2.50 bits per heavy atom. The van der Waals surface area contributed by atoms with Gasteiger partial charge in [0.2, 0.25) is 0 Å². The molecule has 10 heavy (non-hydrogen) atoms. The molecule has 1 heterocycles. The number of nitrogens with zero attached hydrogens (tertiary/aromatic N) is 1. The molecule has 0 aromatic carbocycles. The smallest absolute Gasteiger partial charge is 0.101 e. The van der Waals surface area contributed by atoms with E-state index in [1.807, 2.05) is 6.08 Å². The summed E-state index contributed by atoms with van der Waals surface area (Å²) in [7, 11) is 0. The van der Waals surface area contributed by atoms with E-state index in [2.05, 4.69) is 16.9 Å². The van der Waals surface area contributed by atoms with Crippen LogP contribution in [0.4, 0.5) is 0 Å². The van der Waals surface area contributed by atoms with Gasteiger partial charge in [-0.15, -0.1) is 0 Å². The van der Waals surface area contributed by atoms with Gasteiger partial charge < -0.3 is 5.43 Å². The third-order valence-electron chi connectivity index (χ3n) is 1.81. The number of hydrogen-bond acceptors (Lipinski definition) is 3. The molecule has 0 bridgehead atoms. The maximum Gasteiger partial charge on any atom is 0.101 e. The van der Waals surface area contributed by atoms with Gasteiger partial charge in [-0.2, -0.15) is 5.26 Å². The van der Waals surface area contributed by atoms with E-state index in [1.165, 1.54) is 5.57 Å². The largest absolute Gasteiger partial charge is 0.320 e. The molecule has 0 radical (unpaired) electrons. The summed E-state index contributed by atoms with van der Waals surface area (Å²) in [6.07, 6.45) is 2.89. The first-order valence-electron chi connectivity index (χ1n) is 3.23. The first-order chi connectivity index (χ1) is 4.92. The lowest BCUT2D eigenvalue weighted by Crippen LogP contribution is -2.24. The molecule has 1 aliphatic carbocycles. The third kappa shape index (κ3) is 0.568. The summed E-state index contributed by atoms with van der Waals surface area (Å²) < 4.78 is 0. The van der Waals surface area contributed by atoms with Gasteiger partial charge in [0.25, 0.3) is 0 Å². The molecule has 50 valence electrons. The Labute approximate surface area is 59.0 Å². The summed E-state index contributed by atoms with van der Waals surface area (Å²) in [6.45, 7) is 0.872. The van der Waals surface area contributed by atoms with Gasteiger partial charge in [-0.05, 0) is 12.0 Å². The summed E-state index contributed by atoms with van der Waals surface area (Å²) >= 11 is 0. The molecule has 0 amide bonds. The third-order valence-corrected chi connectivity index (χ3v) is 1.81. The van der Waals surface area contributed by atoms with E-state index in [0.717, 1.165) is 24.2 Å². The summed E-state index contributed by atoms with van der Waals surface area (Å²) in [5, 5.41) is 8.59. The number of rotatable bonds is 0. The zero-order valence-electron chi connectivity index (χ0n) is 5.44. The van der Waals surface area contributed by atoms with Crippen molar-refractivity contribution in [3.8, 4) is 6.07 Å². The molecule has 1 aliphatic heterocycles. The van der Waals surface area contributed by atoms with Crippen LogP contribution >= 0.6 is 0 Å². The first kappa shape index (κ1) is 5.51. The summed E-state index contributed by atoms with van der Waals surface area (Å²) in [6, 6.07) is 2.14. The highest BCUT2D eigenvalue weighted by Crippen LogP contribution is 2.24. The van der Waals surface area contributed by atoms with Gasteiger partial charge in [-0.25, -0.2) is 5.43 Å². The second kappa shape index (κ2) is 1.86. The average molecular weight is 133 g/mol. The Balaban J connectivity index is 2.36. The monoisotopic (exact) mass is 133 g/mol. The maximum atomic E-state index is 8.59. The highest BCUT2D eigenvalue weighted by Gasteiger charge is 2.20. The molecule has 0 fully saturated rings. The minimum Gasteiger partial charge on any atom is -0.320 e. The number of hydrazine groups is 1. The van der Waals surface area contributed by atoms with Crippen LogP contribution in [0.3, 0.4) is 0 Å². The van der Waals surface area contributed by atoms with E-state index in [0.29, 0.717) is 0 Å². The minimum atomic E-state index is 0.778. The summed E-state index contributed by atoms with van der Waals surface area (Å²) in [5.74, 6) is 0. The zero-order valence-corrected chi connectivity index (χ0v) is 5.44. The fourth-order valence-corrected chi connectivity index (χ4v) is 1.28. The van der Waals surface area contributed by atoms with Crippen molar-refractivity contribution in [1.82, 2.24) is 10.9 Å². The quantitative estimate of drug-likeness (QED) is 0.496. The Kier molecular flexibility index (Phi) is 1.02. The van der Waals surface area contributed by atoms with Crippen LogP contribution in [0, 0.1) is 11.3 Å². The van der Waals surface area contributed by atoms with Gasteiger partial charge in [0.05, 0.1) is 11.3 Å². The molecule has 0 unspecified atom stereocenters. The lowest BCUT2D eigenvalue weighted by molar-refractivity contribution is 0.698. The average Bonchev–Trinajstić information content (AvgIpc) is 2.44. The molecule has 2 N–H and O–H groups in total. The van der Waals surface area contributed by atoms with Gasteiger partial charge in [0, 0.05) is 6.54 Å². The number of hydrogen-bond donors (Lipinski definition) is 2. The molecule has 2 aliphatic rings. The van der Waals surface area contributed by atoms with Crippen molar-refractivity contribution in [2.24, 2.45) is 0 Å². The van der Waals surface area contributed by atoms with Crippen molar-refractivity contribution >= 4 is 0 Å². The molecule has 0 atom stereocenters. The number of allylic oxidation sites excluding steroid dienone is 2. The van der Waals surface area contributed by atoms with Crippen LogP contribution in [-0.2, 0) is 0 Å². The zero-order chi connectivity index (χ0) is 6.97. The van der Waals surface area contributed by atoms with E-state index >= 15 is 0 Å². The number of nitriles is 1. The van der Waals surface area contributed by atoms with Gasteiger partial charge in [-0.3, -0.25) is 0 Å². The predicted octanol–water partition coefficient (Wildman–Crippen LogP) is 0.202. The van der Waals surface area contributed by atoms with Crippen LogP contribution < -0.4 is 10.9 Å². The molecular weight excluding hydrogens is 126 g/mol. The Morgan fingerprint density at radius 3 is 3.30 bits per heavy atom. The van der Waals surface area contributed by atoms with Gasteiger partial charge in [-0.1, -0.05) is 6.08 Å². The molecule has 0 aromatic heterocycles. The first-order valence-corrected chi connectivity index (χ1v) is 3.23. The molecule has 0 saturated heterocycles. The maximum absolute atomic E-state index is 8.59. The van der Waals surface area contributed by atoms with Crippen molar-refractivity contribution < 1.29 is 0 Å². The van der Waals surface area contributed by atoms with E-state index in [4.69, 9.17) is 5.26 Å². The van der Waals surface area contributed by atoms with Crippen LogP contribution in [0.15, 0.2) is 22.9 Å². The molecule has 0 saturated carbocycles. The van der Waals surface area contributed by atoms with E-state index in [1.54, 1.807) is 0 Å². The van der Waals surface area contributed by atoms with E-state index < -0.39 is 0 Å². The minimum absolute atomic E-state index is 0.778. The second-order valence-corrected chi connectivity index (χ2v) is 2.39. The predicted molar refractivity (Wildman–Crippen MR) is 36.5 cm³/mol. The molecule has 3 nitrogen and oxygen atoms in total. The van der Waals surface area contributed by atoms with E-state index in [9.17, 15) is 0 Å². The van der Waals surface area contributed by atoms with Gasteiger partial charge >= 0.3 is 0 Å². The summed E-state index contributed by atoms with van der Waals surface area (Å²) in [4.78, 5) is 0. The van der Waals surface area contributed by atoms with Crippen LogP contribution in [-0.4, -0.2) is 6.54 Å². The molecule has 3 heteroatoms. The van der Waals surface area contributed by atoms with Crippen molar-refractivity contribution in [3.63, 3.8) is 0 Å². The number of nitrogens with one attached hydrogen (secondary N) is 2. The van der Waals surface area contributed by atoms with E-state index in [-0.39, 0.29) is 0 Å². The van der Waals surface area contributed by atoms with Crippen molar-refractivity contribution in [2.45, 2.75) is 6.42 Å². The SMILES string of the molecule is N#CC1=CCC2=C1NNC2.